The molecule has 0 bridgehead atoms. The molecule has 1 aromatic rings. The molecule has 0 radical (unpaired) electrons. The minimum atomic E-state index is -0.451. The summed E-state index contributed by atoms with van der Waals surface area (Å²) in [5, 5.41) is 3.16. The summed E-state index contributed by atoms with van der Waals surface area (Å²) >= 11 is 0. The summed E-state index contributed by atoms with van der Waals surface area (Å²) in [6.45, 7) is 6.23. The van der Waals surface area contributed by atoms with Crippen molar-refractivity contribution in [2.45, 2.75) is 39.5 Å². The lowest BCUT2D eigenvalue weighted by Gasteiger charge is -2.29. The van der Waals surface area contributed by atoms with Gasteiger partial charge in [0.1, 0.15) is 6.61 Å². The average molecular weight is 341 g/mol. The highest BCUT2D eigenvalue weighted by Crippen LogP contribution is 2.42. The number of nitrogens with one attached hydrogen (secondary N) is 1. The molecule has 5 heteroatoms. The predicted molar refractivity (Wildman–Crippen MR) is 93.6 cm³/mol. The molecule has 25 heavy (non-hydrogen) atoms. The Bertz CT molecular complexity index is 776. The number of cyclic esters (lactones) is 1. The zero-order valence-corrected chi connectivity index (χ0v) is 14.8. The van der Waals surface area contributed by atoms with Crippen LogP contribution in [0.1, 0.15) is 44.2 Å². The first-order chi connectivity index (χ1) is 12.1. The molecule has 1 aromatic carbocycles. The lowest BCUT2D eigenvalue weighted by molar-refractivity contribution is -0.138. The third-order valence-electron chi connectivity index (χ3n) is 4.59. The van der Waals surface area contributed by atoms with Crippen molar-refractivity contribution in [1.29, 1.82) is 0 Å². The summed E-state index contributed by atoms with van der Waals surface area (Å²) < 4.78 is 10.5. The largest absolute Gasteiger partial charge is 0.463 e. The van der Waals surface area contributed by atoms with Gasteiger partial charge in [0.15, 0.2) is 0 Å². The zero-order valence-electron chi connectivity index (χ0n) is 14.8. The Morgan fingerprint density at radius 1 is 1.32 bits per heavy atom. The number of esters is 2. The highest BCUT2D eigenvalue weighted by molar-refractivity contribution is 6.01. The smallest absolute Gasteiger partial charge is 0.337 e. The second kappa shape index (κ2) is 7.13. The maximum Gasteiger partial charge on any atom is 0.337 e. The number of hydrogen-bond donors (Lipinski definition) is 1. The Morgan fingerprint density at radius 2 is 2.08 bits per heavy atom. The molecular formula is C20H23NO4. The number of allylic oxidation sites excluding steroid dienone is 1. The van der Waals surface area contributed by atoms with Crippen molar-refractivity contribution in [3.8, 4) is 0 Å². The van der Waals surface area contributed by atoms with Crippen LogP contribution in [0.2, 0.25) is 0 Å². The van der Waals surface area contributed by atoms with Gasteiger partial charge in [0.25, 0.3) is 0 Å². The highest BCUT2D eigenvalue weighted by Gasteiger charge is 2.42. The molecule has 0 fully saturated rings. The van der Waals surface area contributed by atoms with Gasteiger partial charge in [-0.1, -0.05) is 37.6 Å². The van der Waals surface area contributed by atoms with E-state index < -0.39 is 11.9 Å². The van der Waals surface area contributed by atoms with Gasteiger partial charge in [-0.15, -0.1) is 0 Å². The van der Waals surface area contributed by atoms with Crippen LogP contribution in [-0.2, 0) is 25.5 Å². The van der Waals surface area contributed by atoms with Crippen LogP contribution in [0.5, 0.6) is 0 Å². The monoisotopic (exact) mass is 341 g/mol. The number of aryl methyl sites for hydroxylation is 1. The van der Waals surface area contributed by atoms with Crippen LogP contribution < -0.4 is 5.32 Å². The fraction of sp³-hybridized carbons (Fsp3) is 0.400. The number of hydrogen-bond acceptors (Lipinski definition) is 5. The Kier molecular flexibility index (Phi) is 4.93. The summed E-state index contributed by atoms with van der Waals surface area (Å²) in [5.74, 6) is -1.21. The summed E-state index contributed by atoms with van der Waals surface area (Å²) in [6.07, 6.45) is 1.86. The average Bonchev–Trinajstić information content (AvgIpc) is 2.95. The Hall–Kier alpha value is -2.56. The second-order valence-corrected chi connectivity index (χ2v) is 6.23. The zero-order chi connectivity index (χ0) is 18.0. The summed E-state index contributed by atoms with van der Waals surface area (Å²) in [6, 6.07) is 7.97. The van der Waals surface area contributed by atoms with E-state index in [1.165, 1.54) is 0 Å². The van der Waals surface area contributed by atoms with Gasteiger partial charge >= 0.3 is 11.9 Å². The molecular weight excluding hydrogens is 318 g/mol. The number of carbonyl (C=O) groups is 2. The quantitative estimate of drug-likeness (QED) is 0.834. The Morgan fingerprint density at radius 3 is 2.80 bits per heavy atom. The first-order valence-electron chi connectivity index (χ1n) is 8.71. The van der Waals surface area contributed by atoms with Crippen molar-refractivity contribution in [3.63, 3.8) is 0 Å². The van der Waals surface area contributed by atoms with Crippen LogP contribution in [0.4, 0.5) is 0 Å². The topological polar surface area (TPSA) is 64.6 Å². The molecule has 1 N–H and O–H groups in total. The lowest BCUT2D eigenvalue weighted by Crippen LogP contribution is -2.30. The van der Waals surface area contributed by atoms with Gasteiger partial charge in [-0.3, -0.25) is 0 Å². The Labute approximate surface area is 147 Å². The summed E-state index contributed by atoms with van der Waals surface area (Å²) in [5.41, 5.74) is 4.58. The molecule has 5 nitrogen and oxygen atoms in total. The van der Waals surface area contributed by atoms with Gasteiger partial charge in [-0.2, -0.15) is 0 Å². The van der Waals surface area contributed by atoms with E-state index in [-0.39, 0.29) is 19.2 Å². The third-order valence-corrected chi connectivity index (χ3v) is 4.59. The highest BCUT2D eigenvalue weighted by atomic mass is 16.5. The summed E-state index contributed by atoms with van der Waals surface area (Å²) in [7, 11) is 0. The van der Waals surface area contributed by atoms with Crippen molar-refractivity contribution < 1.29 is 19.1 Å². The van der Waals surface area contributed by atoms with E-state index in [1.807, 2.05) is 25.1 Å². The number of ether oxygens (including phenoxy) is 2. The van der Waals surface area contributed by atoms with Crippen molar-refractivity contribution in [1.82, 2.24) is 5.32 Å². The van der Waals surface area contributed by atoms with E-state index in [0.29, 0.717) is 16.8 Å². The molecule has 0 saturated carbocycles. The van der Waals surface area contributed by atoms with Crippen LogP contribution in [0.3, 0.4) is 0 Å². The fourth-order valence-electron chi connectivity index (χ4n) is 3.57. The molecule has 0 aromatic heterocycles. The molecule has 0 spiro atoms. The standard InChI is InChI=1S/C20H23NO4/c1-4-8-13-9-6-7-10-14(13)17-16(19(22)24-5-2)12(3)21-15-11-25-20(23)18(15)17/h6-7,9-10,17,21H,4-5,8,11H2,1-3H3/t17-/m0/s1. The maximum absolute atomic E-state index is 12.7. The second-order valence-electron chi connectivity index (χ2n) is 6.23. The van der Waals surface area contributed by atoms with Crippen molar-refractivity contribution >= 4 is 11.9 Å². The van der Waals surface area contributed by atoms with Crippen LogP contribution in [-0.4, -0.2) is 25.2 Å². The SMILES string of the molecule is CCCc1ccccc1[C@H]1C(C(=O)OCC)=C(C)NC2=C1C(=O)OC2. The van der Waals surface area contributed by atoms with E-state index in [0.717, 1.165) is 29.7 Å². The molecule has 0 aliphatic carbocycles. The van der Waals surface area contributed by atoms with Crippen LogP contribution >= 0.6 is 0 Å². The molecule has 132 valence electrons. The molecule has 2 aliphatic rings. The minimum Gasteiger partial charge on any atom is -0.463 e. The van der Waals surface area contributed by atoms with Gasteiger partial charge < -0.3 is 14.8 Å². The first-order valence-corrected chi connectivity index (χ1v) is 8.71. The van der Waals surface area contributed by atoms with Crippen molar-refractivity contribution in [3.05, 3.63) is 57.9 Å². The van der Waals surface area contributed by atoms with Crippen LogP contribution in [0.15, 0.2) is 46.8 Å². The van der Waals surface area contributed by atoms with E-state index >= 15 is 0 Å². The van der Waals surface area contributed by atoms with Gasteiger partial charge in [0, 0.05) is 5.70 Å². The molecule has 2 aliphatic heterocycles. The number of benzene rings is 1. The number of rotatable bonds is 5. The predicted octanol–water partition coefficient (Wildman–Crippen LogP) is 2.97. The van der Waals surface area contributed by atoms with E-state index in [4.69, 9.17) is 9.47 Å². The van der Waals surface area contributed by atoms with Crippen molar-refractivity contribution in [2.75, 3.05) is 13.2 Å². The third kappa shape index (κ3) is 3.06. The molecule has 1 atom stereocenters. The van der Waals surface area contributed by atoms with Crippen LogP contribution in [0, 0.1) is 0 Å². The first kappa shape index (κ1) is 17.3. The number of carbonyl (C=O) groups excluding carboxylic acids is 2. The van der Waals surface area contributed by atoms with Gasteiger partial charge in [0.05, 0.1) is 29.4 Å². The van der Waals surface area contributed by atoms with E-state index in [9.17, 15) is 9.59 Å². The van der Waals surface area contributed by atoms with Crippen LogP contribution in [0.25, 0.3) is 0 Å². The lowest BCUT2D eigenvalue weighted by atomic mass is 9.78. The van der Waals surface area contributed by atoms with Gasteiger partial charge in [0.2, 0.25) is 0 Å². The maximum atomic E-state index is 12.7. The molecule has 0 amide bonds. The molecule has 2 heterocycles. The minimum absolute atomic E-state index is 0.216. The molecule has 3 rings (SSSR count). The number of dihydropyridines is 1. The molecule has 0 unspecified atom stereocenters. The Balaban J connectivity index is 2.17. The van der Waals surface area contributed by atoms with Gasteiger partial charge in [-0.25, -0.2) is 9.59 Å². The fourth-order valence-corrected chi connectivity index (χ4v) is 3.57. The normalized spacial score (nSPS) is 19.5. The van der Waals surface area contributed by atoms with E-state index in [1.54, 1.807) is 6.92 Å². The summed E-state index contributed by atoms with van der Waals surface area (Å²) in [4.78, 5) is 25.1. The van der Waals surface area contributed by atoms with Crippen molar-refractivity contribution in [2.24, 2.45) is 0 Å². The van der Waals surface area contributed by atoms with E-state index in [2.05, 4.69) is 18.3 Å². The van der Waals surface area contributed by atoms with Gasteiger partial charge in [-0.05, 0) is 31.4 Å². The molecule has 0 saturated heterocycles.